The molecule has 1 aliphatic heterocycles. The van der Waals surface area contributed by atoms with Crippen LogP contribution in [0.1, 0.15) is 52.0 Å². The molecule has 0 N–H and O–H groups in total. The van der Waals surface area contributed by atoms with Crippen LogP contribution in [0.2, 0.25) is 18.1 Å². The van der Waals surface area contributed by atoms with Gasteiger partial charge >= 0.3 is 0 Å². The lowest BCUT2D eigenvalue weighted by Gasteiger charge is -2.37. The second-order valence-corrected chi connectivity index (χ2v) is 13.9. The van der Waals surface area contributed by atoms with Crippen molar-refractivity contribution in [3.63, 3.8) is 0 Å². The Hall–Kier alpha value is -1.10. The number of benzene rings is 1. The predicted molar refractivity (Wildman–Crippen MR) is 109 cm³/mol. The van der Waals surface area contributed by atoms with Crippen LogP contribution in [0, 0.1) is 0 Å². The number of hydrogen-bond acceptors (Lipinski definition) is 3. The Morgan fingerprint density at radius 1 is 1.19 bits per heavy atom. The maximum atomic E-state index is 6.55. The van der Waals surface area contributed by atoms with Crippen LogP contribution in [0.3, 0.4) is 0 Å². The van der Waals surface area contributed by atoms with Gasteiger partial charge in [0.2, 0.25) is 8.32 Å². The molecule has 1 aromatic rings. The van der Waals surface area contributed by atoms with Crippen LogP contribution < -0.4 is 0 Å². The Labute approximate surface area is 159 Å². The molecule has 1 aliphatic carbocycles. The van der Waals surface area contributed by atoms with Crippen molar-refractivity contribution in [2.24, 2.45) is 0 Å². The molecule has 2 aliphatic rings. The second kappa shape index (κ2) is 7.49. The minimum Gasteiger partial charge on any atom is -0.545 e. The van der Waals surface area contributed by atoms with Gasteiger partial charge in [0.25, 0.3) is 0 Å². The number of fused-ring (bicyclic) bond motifs is 1. The lowest BCUT2D eigenvalue weighted by molar-refractivity contribution is 0.110. The second-order valence-electron chi connectivity index (χ2n) is 9.21. The Morgan fingerprint density at radius 2 is 1.92 bits per heavy atom. The van der Waals surface area contributed by atoms with E-state index in [4.69, 9.17) is 13.9 Å². The predicted octanol–water partition coefficient (Wildman–Crippen LogP) is 5.82. The van der Waals surface area contributed by atoms with Gasteiger partial charge in [0.15, 0.2) is 0 Å². The highest BCUT2D eigenvalue weighted by molar-refractivity contribution is 6.74. The first-order valence-electron chi connectivity index (χ1n) is 9.92. The summed E-state index contributed by atoms with van der Waals surface area (Å²) < 4.78 is 18.6. The number of rotatable bonds is 8. The zero-order valence-corrected chi connectivity index (χ0v) is 18.0. The average molecular weight is 375 g/mol. The number of hydrogen-bond donors (Lipinski definition) is 0. The third-order valence-corrected chi connectivity index (χ3v) is 10.5. The van der Waals surface area contributed by atoms with Gasteiger partial charge in [-0.15, -0.1) is 0 Å². The molecule has 26 heavy (non-hydrogen) atoms. The van der Waals surface area contributed by atoms with E-state index in [0.717, 1.165) is 38.0 Å². The van der Waals surface area contributed by atoms with Crippen LogP contribution in [0.15, 0.2) is 42.2 Å². The van der Waals surface area contributed by atoms with E-state index in [0.29, 0.717) is 6.61 Å². The molecule has 3 rings (SSSR count). The van der Waals surface area contributed by atoms with Crippen molar-refractivity contribution in [3.05, 3.63) is 47.7 Å². The highest BCUT2D eigenvalue weighted by Gasteiger charge is 2.60. The molecule has 0 saturated carbocycles. The number of ether oxygens (including phenoxy) is 2. The van der Waals surface area contributed by atoms with E-state index < -0.39 is 8.32 Å². The van der Waals surface area contributed by atoms with Crippen molar-refractivity contribution in [1.82, 2.24) is 0 Å². The van der Waals surface area contributed by atoms with Gasteiger partial charge in [0.05, 0.1) is 6.61 Å². The van der Waals surface area contributed by atoms with E-state index >= 15 is 0 Å². The zero-order valence-electron chi connectivity index (χ0n) is 17.0. The first-order chi connectivity index (χ1) is 12.2. The number of epoxide rings is 1. The summed E-state index contributed by atoms with van der Waals surface area (Å²) in [6.07, 6.45) is 6.72. The Bertz CT molecular complexity index is 633. The summed E-state index contributed by atoms with van der Waals surface area (Å²) in [5.74, 6) is 1.10. The molecule has 1 fully saturated rings. The van der Waals surface area contributed by atoms with E-state index in [9.17, 15) is 0 Å². The quantitative estimate of drug-likeness (QED) is 0.326. The van der Waals surface area contributed by atoms with Crippen LogP contribution in [-0.2, 0) is 20.5 Å². The summed E-state index contributed by atoms with van der Waals surface area (Å²) in [7, 11) is -1.79. The van der Waals surface area contributed by atoms with Gasteiger partial charge in [-0.2, -0.15) is 0 Å². The minimum absolute atomic E-state index is 0.0164. The van der Waals surface area contributed by atoms with Crippen molar-refractivity contribution < 1.29 is 13.9 Å². The smallest absolute Gasteiger partial charge is 0.250 e. The molecule has 1 saturated heterocycles. The van der Waals surface area contributed by atoms with Crippen LogP contribution in [-0.4, -0.2) is 26.6 Å². The molecule has 0 radical (unpaired) electrons. The summed E-state index contributed by atoms with van der Waals surface area (Å²) in [5, 5.41) is 0.216. The molecule has 0 amide bonds. The van der Waals surface area contributed by atoms with Gasteiger partial charge in [-0.25, -0.2) is 0 Å². The van der Waals surface area contributed by atoms with Gasteiger partial charge in [-0.1, -0.05) is 51.1 Å². The molecule has 0 aromatic heterocycles. The molecule has 0 bridgehead atoms. The molecule has 0 spiro atoms. The SMILES string of the molecule is CC(C)(C)[Si](C)(C)OC1=CCCC2(CCCOCc3ccccc3)OC12. The largest absolute Gasteiger partial charge is 0.545 e. The lowest BCUT2D eigenvalue weighted by atomic mass is 9.89. The van der Waals surface area contributed by atoms with Crippen LogP contribution in [0.4, 0.5) is 0 Å². The zero-order chi connectivity index (χ0) is 18.8. The van der Waals surface area contributed by atoms with E-state index in [1.165, 1.54) is 5.56 Å². The van der Waals surface area contributed by atoms with Gasteiger partial charge in [-0.3, -0.25) is 0 Å². The normalized spacial score (nSPS) is 25.4. The number of allylic oxidation sites excluding steroid dienone is 1. The summed E-state index contributed by atoms with van der Waals surface area (Å²) in [6.45, 7) is 13.0. The van der Waals surface area contributed by atoms with Crippen LogP contribution >= 0.6 is 0 Å². The maximum absolute atomic E-state index is 6.55. The topological polar surface area (TPSA) is 31.0 Å². The maximum Gasteiger partial charge on any atom is 0.250 e. The van der Waals surface area contributed by atoms with Gasteiger partial charge in [-0.05, 0) is 55.5 Å². The third kappa shape index (κ3) is 4.41. The lowest BCUT2D eigenvalue weighted by Crippen LogP contribution is -2.41. The molecule has 3 nitrogen and oxygen atoms in total. The standard InChI is InChI=1S/C22H34O3Si/c1-21(2,3)26(4,5)25-19-13-9-14-22(20(19)24-22)15-10-16-23-17-18-11-7-6-8-12-18/h6-8,11-13,20H,9-10,14-17H2,1-5H3. The molecular formula is C22H34O3Si. The van der Waals surface area contributed by atoms with Crippen LogP contribution in [0.5, 0.6) is 0 Å². The molecule has 1 aromatic carbocycles. The molecule has 144 valence electrons. The van der Waals surface area contributed by atoms with Crippen molar-refractivity contribution in [2.45, 2.75) is 82.9 Å². The molecule has 2 atom stereocenters. The third-order valence-electron chi connectivity index (χ3n) is 6.12. The van der Waals surface area contributed by atoms with E-state index in [1.807, 2.05) is 6.07 Å². The fourth-order valence-electron chi connectivity index (χ4n) is 3.37. The Kier molecular flexibility index (Phi) is 5.66. The van der Waals surface area contributed by atoms with E-state index in [1.54, 1.807) is 0 Å². The first-order valence-corrected chi connectivity index (χ1v) is 12.8. The Morgan fingerprint density at radius 3 is 2.62 bits per heavy atom. The van der Waals surface area contributed by atoms with Gasteiger partial charge in [0, 0.05) is 6.61 Å². The van der Waals surface area contributed by atoms with Gasteiger partial charge in [0.1, 0.15) is 17.5 Å². The summed E-state index contributed by atoms with van der Waals surface area (Å²) >= 11 is 0. The van der Waals surface area contributed by atoms with E-state index in [-0.39, 0.29) is 16.7 Å². The van der Waals surface area contributed by atoms with Crippen molar-refractivity contribution in [2.75, 3.05) is 6.61 Å². The van der Waals surface area contributed by atoms with E-state index in [2.05, 4.69) is 64.2 Å². The minimum atomic E-state index is -1.79. The van der Waals surface area contributed by atoms with Crippen LogP contribution in [0.25, 0.3) is 0 Å². The molecular weight excluding hydrogens is 340 g/mol. The Balaban J connectivity index is 1.44. The highest BCUT2D eigenvalue weighted by atomic mass is 28.4. The summed E-state index contributed by atoms with van der Waals surface area (Å²) in [4.78, 5) is 0. The van der Waals surface area contributed by atoms with Gasteiger partial charge < -0.3 is 13.9 Å². The van der Waals surface area contributed by atoms with Crippen molar-refractivity contribution in [1.29, 1.82) is 0 Å². The summed E-state index contributed by atoms with van der Waals surface area (Å²) in [5.41, 5.74) is 1.25. The first kappa shape index (κ1) is 19.7. The molecule has 4 heteroatoms. The summed E-state index contributed by atoms with van der Waals surface area (Å²) in [6, 6.07) is 10.4. The molecule has 2 unspecified atom stereocenters. The van der Waals surface area contributed by atoms with Crippen molar-refractivity contribution in [3.8, 4) is 0 Å². The fourth-order valence-corrected chi connectivity index (χ4v) is 4.46. The monoisotopic (exact) mass is 374 g/mol. The highest BCUT2D eigenvalue weighted by Crippen LogP contribution is 2.53. The molecule has 1 heterocycles. The fraction of sp³-hybridized carbons (Fsp3) is 0.636. The average Bonchev–Trinajstić information content (AvgIpc) is 3.30. The van der Waals surface area contributed by atoms with Crippen molar-refractivity contribution >= 4 is 8.32 Å².